The third kappa shape index (κ3) is 8.90. The lowest BCUT2D eigenvalue weighted by atomic mass is 10.1. The molecule has 0 heterocycles. The number of hydrogen-bond donors (Lipinski definition) is 1. The van der Waals surface area contributed by atoms with Gasteiger partial charge in [0.1, 0.15) is 6.04 Å². The SMILES string of the molecule is CCC(C)NC(=O)C(C)N(Cc1ccc(Cl)cc1Cl)C(=O)CCCN(c1cc(C)ccc1C)S(C)(=O)=O. The fourth-order valence-corrected chi connectivity index (χ4v) is 5.34. The zero-order chi connectivity index (χ0) is 27.9. The van der Waals surface area contributed by atoms with Crippen LogP contribution in [0.25, 0.3) is 0 Å². The van der Waals surface area contributed by atoms with Gasteiger partial charge in [0, 0.05) is 35.6 Å². The van der Waals surface area contributed by atoms with Gasteiger partial charge >= 0.3 is 0 Å². The molecule has 0 aliphatic carbocycles. The molecule has 2 rings (SSSR count). The molecule has 0 aromatic heterocycles. The number of carbonyl (C=O) groups excluding carboxylic acids is 2. The predicted octanol–water partition coefficient (Wildman–Crippen LogP) is 5.49. The highest BCUT2D eigenvalue weighted by molar-refractivity contribution is 7.92. The standard InChI is InChI=1S/C27H37Cl2N3O4S/c1-7-20(4)30-27(34)21(5)31(17-22-12-13-23(28)16-24(22)29)26(33)9-8-14-32(37(6,35)36)25-15-18(2)10-11-19(25)3/h10-13,15-16,20-21H,7-9,14,17H2,1-6H3,(H,30,34). The minimum Gasteiger partial charge on any atom is -0.352 e. The molecule has 37 heavy (non-hydrogen) atoms. The van der Waals surface area contributed by atoms with Gasteiger partial charge in [0.05, 0.1) is 11.9 Å². The molecule has 0 saturated carbocycles. The lowest BCUT2D eigenvalue weighted by Gasteiger charge is -2.30. The minimum atomic E-state index is -3.57. The van der Waals surface area contributed by atoms with Gasteiger partial charge < -0.3 is 10.2 Å². The Kier molecular flexibility index (Phi) is 11.3. The van der Waals surface area contributed by atoms with E-state index in [1.165, 1.54) is 9.21 Å². The molecule has 0 bridgehead atoms. The summed E-state index contributed by atoms with van der Waals surface area (Å²) in [6, 6.07) is 9.86. The zero-order valence-electron chi connectivity index (χ0n) is 22.3. The summed E-state index contributed by atoms with van der Waals surface area (Å²) in [5.41, 5.74) is 3.03. The summed E-state index contributed by atoms with van der Waals surface area (Å²) in [4.78, 5) is 27.8. The van der Waals surface area contributed by atoms with E-state index in [1.807, 2.05) is 45.9 Å². The van der Waals surface area contributed by atoms with Gasteiger partial charge in [-0.3, -0.25) is 13.9 Å². The van der Waals surface area contributed by atoms with Crippen LogP contribution in [-0.2, 0) is 26.2 Å². The van der Waals surface area contributed by atoms with Crippen LogP contribution in [0.5, 0.6) is 0 Å². The molecule has 0 fully saturated rings. The first-order chi connectivity index (χ1) is 17.2. The van der Waals surface area contributed by atoms with Gasteiger partial charge in [-0.25, -0.2) is 8.42 Å². The number of hydrogen-bond acceptors (Lipinski definition) is 4. The van der Waals surface area contributed by atoms with Crippen molar-refractivity contribution >= 4 is 50.7 Å². The monoisotopic (exact) mass is 569 g/mol. The highest BCUT2D eigenvalue weighted by atomic mass is 35.5. The second-order valence-electron chi connectivity index (χ2n) is 9.48. The molecule has 2 aromatic carbocycles. The summed E-state index contributed by atoms with van der Waals surface area (Å²) in [5.74, 6) is -0.534. The van der Waals surface area contributed by atoms with Crippen molar-refractivity contribution in [2.75, 3.05) is 17.1 Å². The first kappa shape index (κ1) is 30.9. The van der Waals surface area contributed by atoms with Crippen molar-refractivity contribution in [2.45, 2.75) is 72.5 Å². The van der Waals surface area contributed by atoms with Gasteiger partial charge in [-0.1, -0.05) is 48.3 Å². The predicted molar refractivity (Wildman–Crippen MR) is 152 cm³/mol. The third-order valence-electron chi connectivity index (χ3n) is 6.31. The van der Waals surface area contributed by atoms with Crippen LogP contribution in [0.3, 0.4) is 0 Å². The average molecular weight is 571 g/mol. The summed E-state index contributed by atoms with van der Waals surface area (Å²) >= 11 is 12.4. The Balaban J connectivity index is 2.24. The van der Waals surface area contributed by atoms with E-state index in [0.29, 0.717) is 21.3 Å². The summed E-state index contributed by atoms with van der Waals surface area (Å²) < 4.78 is 26.5. The highest BCUT2D eigenvalue weighted by Crippen LogP contribution is 2.26. The van der Waals surface area contributed by atoms with Crippen molar-refractivity contribution in [1.82, 2.24) is 10.2 Å². The Morgan fingerprint density at radius 3 is 2.32 bits per heavy atom. The number of amides is 2. The quantitative estimate of drug-likeness (QED) is 0.366. The molecule has 2 atom stereocenters. The van der Waals surface area contributed by atoms with Crippen LogP contribution in [0.1, 0.15) is 56.7 Å². The van der Waals surface area contributed by atoms with E-state index < -0.39 is 16.1 Å². The number of aryl methyl sites for hydroxylation is 2. The molecule has 0 saturated heterocycles. The fraction of sp³-hybridized carbons (Fsp3) is 0.481. The van der Waals surface area contributed by atoms with Crippen LogP contribution >= 0.6 is 23.2 Å². The molecule has 2 amide bonds. The van der Waals surface area contributed by atoms with Crippen molar-refractivity contribution in [2.24, 2.45) is 0 Å². The molecule has 2 unspecified atom stereocenters. The van der Waals surface area contributed by atoms with Gasteiger partial charge in [0.25, 0.3) is 0 Å². The fourth-order valence-electron chi connectivity index (χ4n) is 3.85. The molecule has 0 spiro atoms. The van der Waals surface area contributed by atoms with Crippen LogP contribution < -0.4 is 9.62 Å². The lowest BCUT2D eigenvalue weighted by molar-refractivity contribution is -0.140. The Morgan fingerprint density at radius 2 is 1.73 bits per heavy atom. The van der Waals surface area contributed by atoms with Crippen molar-refractivity contribution in [3.63, 3.8) is 0 Å². The van der Waals surface area contributed by atoms with E-state index in [9.17, 15) is 18.0 Å². The zero-order valence-corrected chi connectivity index (χ0v) is 24.7. The summed E-state index contributed by atoms with van der Waals surface area (Å²) in [6.45, 7) is 9.56. The third-order valence-corrected chi connectivity index (χ3v) is 8.08. The first-order valence-electron chi connectivity index (χ1n) is 12.3. The van der Waals surface area contributed by atoms with Gasteiger partial charge in [0.2, 0.25) is 21.8 Å². The highest BCUT2D eigenvalue weighted by Gasteiger charge is 2.28. The van der Waals surface area contributed by atoms with Gasteiger partial charge in [-0.15, -0.1) is 0 Å². The van der Waals surface area contributed by atoms with Crippen LogP contribution in [0.4, 0.5) is 5.69 Å². The summed E-state index contributed by atoms with van der Waals surface area (Å²) in [5, 5.41) is 3.80. The summed E-state index contributed by atoms with van der Waals surface area (Å²) in [6.07, 6.45) is 2.26. The van der Waals surface area contributed by atoms with Crippen molar-refractivity contribution < 1.29 is 18.0 Å². The maximum Gasteiger partial charge on any atom is 0.242 e. The number of sulfonamides is 1. The minimum absolute atomic E-state index is 0.0353. The molecule has 0 radical (unpaired) electrons. The number of nitrogens with zero attached hydrogens (tertiary/aromatic N) is 2. The van der Waals surface area contributed by atoms with E-state index in [2.05, 4.69) is 5.32 Å². The van der Waals surface area contributed by atoms with Crippen molar-refractivity contribution in [1.29, 1.82) is 0 Å². The molecule has 0 aliphatic rings. The normalized spacial score (nSPS) is 13.1. The van der Waals surface area contributed by atoms with Crippen molar-refractivity contribution in [3.05, 3.63) is 63.1 Å². The lowest BCUT2D eigenvalue weighted by Crippen LogP contribution is -2.49. The maximum absolute atomic E-state index is 13.4. The number of anilines is 1. The largest absolute Gasteiger partial charge is 0.352 e. The van der Waals surface area contributed by atoms with Crippen LogP contribution in [0, 0.1) is 13.8 Å². The number of benzene rings is 2. The second-order valence-corrected chi connectivity index (χ2v) is 12.2. The molecule has 2 aromatic rings. The Hall–Kier alpha value is -2.29. The molecule has 7 nitrogen and oxygen atoms in total. The van der Waals surface area contributed by atoms with Gasteiger partial charge in [0.15, 0.2) is 0 Å². The molecule has 1 N–H and O–H groups in total. The first-order valence-corrected chi connectivity index (χ1v) is 14.9. The van der Waals surface area contributed by atoms with Crippen LogP contribution in [-0.4, -0.2) is 50.0 Å². The average Bonchev–Trinajstić information content (AvgIpc) is 2.81. The van der Waals surface area contributed by atoms with Crippen LogP contribution in [0.15, 0.2) is 36.4 Å². The topological polar surface area (TPSA) is 86.8 Å². The van der Waals surface area contributed by atoms with Gasteiger partial charge in [-0.2, -0.15) is 0 Å². The number of halogens is 2. The molecule has 10 heteroatoms. The van der Waals surface area contributed by atoms with Crippen molar-refractivity contribution in [3.8, 4) is 0 Å². The van der Waals surface area contributed by atoms with E-state index >= 15 is 0 Å². The Bertz CT molecular complexity index is 1220. The molecule has 0 aliphatic heterocycles. The molecular weight excluding hydrogens is 533 g/mol. The molecule has 204 valence electrons. The molecular formula is C27H37Cl2N3O4S. The van der Waals surface area contributed by atoms with Gasteiger partial charge in [-0.05, 0) is 75.4 Å². The second kappa shape index (κ2) is 13.5. The van der Waals surface area contributed by atoms with E-state index in [0.717, 1.165) is 23.8 Å². The van der Waals surface area contributed by atoms with Crippen LogP contribution in [0.2, 0.25) is 10.0 Å². The maximum atomic E-state index is 13.4. The smallest absolute Gasteiger partial charge is 0.242 e. The van der Waals surface area contributed by atoms with E-state index in [4.69, 9.17) is 23.2 Å². The van der Waals surface area contributed by atoms with E-state index in [-0.39, 0.29) is 43.8 Å². The number of nitrogens with one attached hydrogen (secondary N) is 1. The number of rotatable bonds is 12. The summed E-state index contributed by atoms with van der Waals surface area (Å²) in [7, 11) is -3.57. The Morgan fingerprint density at radius 1 is 1.05 bits per heavy atom. The Labute approximate surface area is 231 Å². The van der Waals surface area contributed by atoms with E-state index in [1.54, 1.807) is 25.1 Å². The number of carbonyl (C=O) groups is 2.